The highest BCUT2D eigenvalue weighted by atomic mass is 32.1. The van der Waals surface area contributed by atoms with E-state index in [4.69, 9.17) is 9.26 Å². The van der Waals surface area contributed by atoms with Crippen LogP contribution in [-0.4, -0.2) is 46.4 Å². The number of aryl methyl sites for hydroxylation is 2. The Morgan fingerprint density at radius 3 is 2.88 bits per heavy atom. The summed E-state index contributed by atoms with van der Waals surface area (Å²) in [6.45, 7) is 5.22. The number of hydrogen-bond acceptors (Lipinski definition) is 7. The van der Waals surface area contributed by atoms with E-state index in [9.17, 15) is 9.59 Å². The van der Waals surface area contributed by atoms with Gasteiger partial charge in [0.05, 0.1) is 13.2 Å². The van der Waals surface area contributed by atoms with Crippen LogP contribution in [0.4, 0.5) is 0 Å². The van der Waals surface area contributed by atoms with E-state index < -0.39 is 0 Å². The molecular formula is C16H19N3O4S. The van der Waals surface area contributed by atoms with Crippen molar-refractivity contribution in [2.45, 2.75) is 32.8 Å². The standard InChI is InChI=1S/C16H19N3O4S/c1-10-7-12(11(2)24-10)13(20)3-4-15(21)19-5-6-22-14(8-19)16-17-9-23-18-16/h7,9,14H,3-6,8H2,1-2H3/t14-/m1/s1. The molecule has 128 valence electrons. The van der Waals surface area contributed by atoms with Crippen molar-refractivity contribution in [1.29, 1.82) is 0 Å². The van der Waals surface area contributed by atoms with Crippen LogP contribution in [0.15, 0.2) is 17.0 Å². The zero-order chi connectivity index (χ0) is 17.1. The van der Waals surface area contributed by atoms with Crippen LogP contribution < -0.4 is 0 Å². The summed E-state index contributed by atoms with van der Waals surface area (Å²) in [5.41, 5.74) is 0.733. The number of thiophene rings is 1. The second-order valence-corrected chi connectivity index (χ2v) is 7.20. The van der Waals surface area contributed by atoms with Gasteiger partial charge in [-0.1, -0.05) is 5.16 Å². The minimum Gasteiger partial charge on any atom is -0.366 e. The molecule has 8 heteroatoms. The molecule has 1 aliphatic rings. The van der Waals surface area contributed by atoms with Gasteiger partial charge in [0.25, 0.3) is 0 Å². The van der Waals surface area contributed by atoms with E-state index in [1.54, 1.807) is 16.2 Å². The lowest BCUT2D eigenvalue weighted by atomic mass is 10.1. The Balaban J connectivity index is 1.55. The van der Waals surface area contributed by atoms with Crippen molar-refractivity contribution in [3.8, 4) is 0 Å². The first-order valence-electron chi connectivity index (χ1n) is 7.80. The van der Waals surface area contributed by atoms with Crippen LogP contribution in [-0.2, 0) is 9.53 Å². The number of aromatic nitrogens is 2. The van der Waals surface area contributed by atoms with E-state index in [-0.39, 0.29) is 30.6 Å². The van der Waals surface area contributed by atoms with Gasteiger partial charge >= 0.3 is 0 Å². The molecule has 1 saturated heterocycles. The maximum atomic E-state index is 12.4. The molecule has 1 atom stereocenters. The van der Waals surface area contributed by atoms with Crippen LogP contribution in [0.5, 0.6) is 0 Å². The van der Waals surface area contributed by atoms with E-state index in [1.807, 2.05) is 19.9 Å². The predicted molar refractivity (Wildman–Crippen MR) is 86.9 cm³/mol. The lowest BCUT2D eigenvalue weighted by Crippen LogP contribution is -2.42. The van der Waals surface area contributed by atoms with Crippen LogP contribution in [0.25, 0.3) is 0 Å². The third-order valence-electron chi connectivity index (χ3n) is 3.99. The smallest absolute Gasteiger partial charge is 0.223 e. The summed E-state index contributed by atoms with van der Waals surface area (Å²) in [5, 5.41) is 3.76. The van der Waals surface area contributed by atoms with Crippen LogP contribution in [0.2, 0.25) is 0 Å². The zero-order valence-corrected chi connectivity index (χ0v) is 14.5. The Labute approximate surface area is 143 Å². The molecule has 0 spiro atoms. The highest BCUT2D eigenvalue weighted by Gasteiger charge is 2.28. The number of rotatable bonds is 5. The van der Waals surface area contributed by atoms with Crippen molar-refractivity contribution in [2.75, 3.05) is 19.7 Å². The third-order valence-corrected chi connectivity index (χ3v) is 4.96. The van der Waals surface area contributed by atoms with Crippen LogP contribution in [0.1, 0.15) is 44.9 Å². The molecule has 1 amide bonds. The minimum atomic E-state index is -0.376. The molecule has 3 heterocycles. The molecular weight excluding hydrogens is 330 g/mol. The number of carbonyl (C=O) groups is 2. The van der Waals surface area contributed by atoms with Crippen LogP contribution in [0, 0.1) is 13.8 Å². The van der Waals surface area contributed by atoms with Gasteiger partial charge in [-0.2, -0.15) is 4.98 Å². The first-order chi connectivity index (χ1) is 11.5. The van der Waals surface area contributed by atoms with Crippen molar-refractivity contribution < 1.29 is 18.8 Å². The van der Waals surface area contributed by atoms with Gasteiger partial charge in [0.1, 0.15) is 6.10 Å². The van der Waals surface area contributed by atoms with Crippen molar-refractivity contribution in [3.63, 3.8) is 0 Å². The maximum absolute atomic E-state index is 12.4. The minimum absolute atomic E-state index is 0.0215. The van der Waals surface area contributed by atoms with Gasteiger partial charge in [0, 0.05) is 34.7 Å². The van der Waals surface area contributed by atoms with E-state index in [1.165, 1.54) is 6.39 Å². The number of carbonyl (C=O) groups excluding carboxylic acids is 2. The molecule has 0 unspecified atom stereocenters. The van der Waals surface area contributed by atoms with E-state index in [2.05, 4.69) is 10.1 Å². The molecule has 1 aliphatic heterocycles. The fourth-order valence-corrected chi connectivity index (χ4v) is 3.72. The number of Topliss-reactive ketones (excluding diaryl/α,β-unsaturated/α-hetero) is 1. The number of amides is 1. The van der Waals surface area contributed by atoms with Gasteiger partial charge < -0.3 is 14.2 Å². The van der Waals surface area contributed by atoms with Gasteiger partial charge in [-0.15, -0.1) is 11.3 Å². The lowest BCUT2D eigenvalue weighted by Gasteiger charge is -2.31. The Bertz CT molecular complexity index is 726. The van der Waals surface area contributed by atoms with Gasteiger partial charge in [-0.3, -0.25) is 9.59 Å². The maximum Gasteiger partial charge on any atom is 0.223 e. The Hall–Kier alpha value is -2.06. The fraction of sp³-hybridized carbons (Fsp3) is 0.500. The molecule has 0 bridgehead atoms. The molecule has 0 aliphatic carbocycles. The Kier molecular flexibility index (Phi) is 5.06. The predicted octanol–water partition coefficient (Wildman–Crippen LogP) is 2.31. The van der Waals surface area contributed by atoms with Crippen molar-refractivity contribution >= 4 is 23.0 Å². The summed E-state index contributed by atoms with van der Waals surface area (Å²) in [5.74, 6) is 0.408. The number of hydrogen-bond donors (Lipinski definition) is 0. The average molecular weight is 349 g/mol. The van der Waals surface area contributed by atoms with Crippen molar-refractivity contribution in [2.24, 2.45) is 0 Å². The first kappa shape index (κ1) is 16.8. The molecule has 24 heavy (non-hydrogen) atoms. The summed E-state index contributed by atoms with van der Waals surface area (Å²) in [4.78, 5) is 32.5. The fourth-order valence-electron chi connectivity index (χ4n) is 2.77. The molecule has 0 radical (unpaired) electrons. The first-order valence-corrected chi connectivity index (χ1v) is 8.62. The van der Waals surface area contributed by atoms with E-state index in [0.717, 1.165) is 15.3 Å². The normalized spacial score (nSPS) is 17.9. The summed E-state index contributed by atoms with van der Waals surface area (Å²) in [6, 6.07) is 1.90. The quantitative estimate of drug-likeness (QED) is 0.770. The number of ketones is 1. The van der Waals surface area contributed by atoms with Gasteiger partial charge in [0.15, 0.2) is 5.78 Å². The molecule has 2 aromatic heterocycles. The SMILES string of the molecule is Cc1cc(C(=O)CCC(=O)N2CCO[C@@H](c3ncon3)C2)c(C)s1. The average Bonchev–Trinajstić information content (AvgIpc) is 3.22. The second kappa shape index (κ2) is 7.23. The van der Waals surface area contributed by atoms with Gasteiger partial charge in [0.2, 0.25) is 18.1 Å². The second-order valence-electron chi connectivity index (χ2n) is 5.74. The molecule has 0 N–H and O–H groups in total. The van der Waals surface area contributed by atoms with Crippen molar-refractivity contribution in [3.05, 3.63) is 33.6 Å². The van der Waals surface area contributed by atoms with Crippen LogP contribution >= 0.6 is 11.3 Å². The monoisotopic (exact) mass is 349 g/mol. The number of morpholine rings is 1. The van der Waals surface area contributed by atoms with Gasteiger partial charge in [-0.25, -0.2) is 0 Å². The van der Waals surface area contributed by atoms with Gasteiger partial charge in [-0.05, 0) is 19.9 Å². The molecule has 3 rings (SSSR count). The molecule has 0 aromatic carbocycles. The Morgan fingerprint density at radius 2 is 2.21 bits per heavy atom. The summed E-state index contributed by atoms with van der Waals surface area (Å²) >= 11 is 1.60. The molecule has 1 fully saturated rings. The molecule has 7 nitrogen and oxygen atoms in total. The molecule has 0 saturated carbocycles. The molecule has 2 aromatic rings. The van der Waals surface area contributed by atoms with E-state index in [0.29, 0.717) is 25.5 Å². The summed E-state index contributed by atoms with van der Waals surface area (Å²) in [6.07, 6.45) is 1.29. The highest BCUT2D eigenvalue weighted by Crippen LogP contribution is 2.23. The lowest BCUT2D eigenvalue weighted by molar-refractivity contribution is -0.139. The highest BCUT2D eigenvalue weighted by molar-refractivity contribution is 7.12. The largest absolute Gasteiger partial charge is 0.366 e. The summed E-state index contributed by atoms with van der Waals surface area (Å²) in [7, 11) is 0. The third kappa shape index (κ3) is 3.70. The van der Waals surface area contributed by atoms with Crippen molar-refractivity contribution in [1.82, 2.24) is 15.0 Å². The van der Waals surface area contributed by atoms with Crippen LogP contribution in [0.3, 0.4) is 0 Å². The van der Waals surface area contributed by atoms with E-state index >= 15 is 0 Å². The Morgan fingerprint density at radius 1 is 1.38 bits per heavy atom. The topological polar surface area (TPSA) is 85.5 Å². The summed E-state index contributed by atoms with van der Waals surface area (Å²) < 4.78 is 10.3. The number of ether oxygens (including phenoxy) is 1. The zero-order valence-electron chi connectivity index (χ0n) is 13.7. The number of nitrogens with zero attached hydrogens (tertiary/aromatic N) is 3.